The van der Waals surface area contributed by atoms with Gasteiger partial charge in [-0.15, -0.1) is 0 Å². The molecule has 0 fully saturated rings. The summed E-state index contributed by atoms with van der Waals surface area (Å²) in [6.07, 6.45) is 0. The summed E-state index contributed by atoms with van der Waals surface area (Å²) in [7, 11) is 3.95. The number of carbonyl (C=O) groups excluding carboxylic acids is 1. The molecule has 0 aromatic heterocycles. The van der Waals surface area contributed by atoms with E-state index >= 15 is 0 Å². The number of amides is 1. The van der Waals surface area contributed by atoms with E-state index in [0.29, 0.717) is 13.2 Å². The molecule has 1 aromatic rings. The second kappa shape index (κ2) is 4.63. The molecule has 0 unspecified atom stereocenters. The zero-order chi connectivity index (χ0) is 11.5. The summed E-state index contributed by atoms with van der Waals surface area (Å²) in [4.78, 5) is 19.5. The van der Waals surface area contributed by atoms with Crippen LogP contribution < -0.4 is 0 Å². The van der Waals surface area contributed by atoms with E-state index in [0.717, 1.165) is 17.7 Å². The van der Waals surface area contributed by atoms with Crippen LogP contribution in [-0.4, -0.2) is 43.1 Å². The topological polar surface area (TPSA) is 32.8 Å². The lowest BCUT2D eigenvalue weighted by molar-refractivity contribution is -0.141. The Labute approximate surface area is 95.4 Å². The van der Waals surface area contributed by atoms with Crippen LogP contribution in [0.25, 0.3) is 0 Å². The van der Waals surface area contributed by atoms with Gasteiger partial charge in [-0.1, -0.05) is 18.2 Å². The Bertz CT molecular complexity index is 390. The minimum atomic E-state index is -0.0382. The summed E-state index contributed by atoms with van der Waals surface area (Å²) in [6.45, 7) is 1.88. The summed E-state index contributed by atoms with van der Waals surface area (Å²) in [5, 5.41) is 1.45. The quantitative estimate of drug-likeness (QED) is 0.765. The molecule has 0 spiro atoms. The van der Waals surface area contributed by atoms with Crippen LogP contribution in [-0.2, 0) is 11.4 Å². The first kappa shape index (κ1) is 11.1. The van der Waals surface area contributed by atoms with Crippen molar-refractivity contribution >= 4 is 5.91 Å². The molecule has 0 atom stereocenters. The smallest absolute Gasteiger partial charge is 0.277 e. The Hall–Kier alpha value is -1.39. The number of nitrogens with zero attached hydrogens (tertiary/aromatic N) is 2. The van der Waals surface area contributed by atoms with Gasteiger partial charge in [0.1, 0.15) is 6.61 Å². The van der Waals surface area contributed by atoms with Crippen molar-refractivity contribution in [2.24, 2.45) is 0 Å². The van der Waals surface area contributed by atoms with E-state index < -0.39 is 0 Å². The number of likely N-dealkylation sites (N-methyl/N-ethyl adjacent to an activating group) is 1. The van der Waals surface area contributed by atoms with Gasteiger partial charge in [0.2, 0.25) is 0 Å². The fourth-order valence-electron chi connectivity index (χ4n) is 1.65. The van der Waals surface area contributed by atoms with Crippen molar-refractivity contribution in [1.29, 1.82) is 0 Å². The van der Waals surface area contributed by atoms with Crippen LogP contribution in [0, 0.1) is 0 Å². The fourth-order valence-corrected chi connectivity index (χ4v) is 1.65. The lowest BCUT2D eigenvalue weighted by Crippen LogP contribution is -2.39. The van der Waals surface area contributed by atoms with Gasteiger partial charge in [0.15, 0.2) is 0 Å². The first-order valence-corrected chi connectivity index (χ1v) is 5.36. The standard InChI is InChI=1S/C12H16N2O2/c1-13(2)7-8-14-12(15)11-6-4-3-5-10(11)9-16-14/h3-6H,7-9H2,1-2H3. The molecule has 0 aliphatic carbocycles. The second-order valence-electron chi connectivity index (χ2n) is 4.14. The van der Waals surface area contributed by atoms with E-state index in [4.69, 9.17) is 4.84 Å². The third-order valence-corrected chi connectivity index (χ3v) is 2.60. The van der Waals surface area contributed by atoms with E-state index in [9.17, 15) is 4.79 Å². The van der Waals surface area contributed by atoms with Crippen LogP contribution >= 0.6 is 0 Å². The van der Waals surface area contributed by atoms with Crippen LogP contribution in [0.4, 0.5) is 0 Å². The van der Waals surface area contributed by atoms with Crippen LogP contribution in [0.1, 0.15) is 15.9 Å². The molecule has 0 saturated carbocycles. The molecule has 0 saturated heterocycles. The van der Waals surface area contributed by atoms with Crippen LogP contribution in [0.15, 0.2) is 24.3 Å². The van der Waals surface area contributed by atoms with Gasteiger partial charge >= 0.3 is 0 Å². The van der Waals surface area contributed by atoms with E-state index in [2.05, 4.69) is 0 Å². The van der Waals surface area contributed by atoms with Gasteiger partial charge in [-0.3, -0.25) is 9.63 Å². The molecular weight excluding hydrogens is 204 g/mol. The normalized spacial score (nSPS) is 15.4. The van der Waals surface area contributed by atoms with Crippen molar-refractivity contribution in [3.8, 4) is 0 Å². The highest BCUT2D eigenvalue weighted by Crippen LogP contribution is 2.19. The Kier molecular flexibility index (Phi) is 3.22. The average Bonchev–Trinajstić information content (AvgIpc) is 2.28. The molecule has 16 heavy (non-hydrogen) atoms. The molecule has 1 amide bonds. The highest BCUT2D eigenvalue weighted by atomic mass is 16.7. The molecule has 4 nitrogen and oxygen atoms in total. The van der Waals surface area contributed by atoms with Gasteiger partial charge in [0, 0.05) is 12.1 Å². The highest BCUT2D eigenvalue weighted by molar-refractivity contribution is 5.95. The molecule has 1 aliphatic heterocycles. The highest BCUT2D eigenvalue weighted by Gasteiger charge is 2.24. The van der Waals surface area contributed by atoms with Crippen LogP contribution in [0.5, 0.6) is 0 Å². The average molecular weight is 220 g/mol. The number of hydroxylamine groups is 2. The van der Waals surface area contributed by atoms with Crippen molar-refractivity contribution in [3.05, 3.63) is 35.4 Å². The van der Waals surface area contributed by atoms with Gasteiger partial charge in [-0.2, -0.15) is 0 Å². The molecule has 0 N–H and O–H groups in total. The van der Waals surface area contributed by atoms with Crippen molar-refractivity contribution in [2.45, 2.75) is 6.61 Å². The predicted molar refractivity (Wildman–Crippen MR) is 60.8 cm³/mol. The van der Waals surface area contributed by atoms with Crippen molar-refractivity contribution in [3.63, 3.8) is 0 Å². The third kappa shape index (κ3) is 2.23. The van der Waals surface area contributed by atoms with Gasteiger partial charge in [0.25, 0.3) is 5.91 Å². The number of benzene rings is 1. The van der Waals surface area contributed by atoms with E-state index in [1.54, 1.807) is 0 Å². The molecule has 1 aromatic carbocycles. The van der Waals surface area contributed by atoms with Crippen molar-refractivity contribution < 1.29 is 9.63 Å². The number of carbonyl (C=O) groups is 1. The lowest BCUT2D eigenvalue weighted by Gasteiger charge is -2.28. The van der Waals surface area contributed by atoms with Gasteiger partial charge in [-0.05, 0) is 25.7 Å². The molecule has 4 heteroatoms. The molecule has 1 heterocycles. The largest absolute Gasteiger partial charge is 0.308 e. The number of rotatable bonds is 3. The van der Waals surface area contributed by atoms with E-state index in [1.165, 1.54) is 5.06 Å². The maximum absolute atomic E-state index is 12.0. The summed E-state index contributed by atoms with van der Waals surface area (Å²) < 4.78 is 0. The Morgan fingerprint density at radius 1 is 1.38 bits per heavy atom. The zero-order valence-corrected chi connectivity index (χ0v) is 9.64. The van der Waals surface area contributed by atoms with Crippen molar-refractivity contribution in [2.75, 3.05) is 27.2 Å². The maximum Gasteiger partial charge on any atom is 0.277 e. The minimum absolute atomic E-state index is 0.0382. The Balaban J connectivity index is 2.09. The monoisotopic (exact) mass is 220 g/mol. The zero-order valence-electron chi connectivity index (χ0n) is 9.64. The first-order chi connectivity index (χ1) is 7.68. The summed E-state index contributed by atoms with van der Waals surface area (Å²) in [5.74, 6) is -0.0382. The molecule has 0 radical (unpaired) electrons. The third-order valence-electron chi connectivity index (χ3n) is 2.60. The van der Waals surface area contributed by atoms with E-state index in [1.807, 2.05) is 43.3 Å². The van der Waals surface area contributed by atoms with E-state index in [-0.39, 0.29) is 5.91 Å². The van der Waals surface area contributed by atoms with Gasteiger partial charge < -0.3 is 4.90 Å². The number of fused-ring (bicyclic) bond motifs is 1. The molecule has 0 bridgehead atoms. The summed E-state index contributed by atoms with van der Waals surface area (Å²) in [6, 6.07) is 7.58. The second-order valence-corrected chi connectivity index (χ2v) is 4.14. The molecule has 2 rings (SSSR count). The Morgan fingerprint density at radius 2 is 2.12 bits per heavy atom. The number of hydrogen-bond donors (Lipinski definition) is 0. The van der Waals surface area contributed by atoms with Crippen LogP contribution in [0.2, 0.25) is 0 Å². The lowest BCUT2D eigenvalue weighted by atomic mass is 10.1. The molecular formula is C12H16N2O2. The summed E-state index contributed by atoms with van der Waals surface area (Å²) in [5.41, 5.74) is 1.72. The molecule has 1 aliphatic rings. The molecule has 86 valence electrons. The fraction of sp³-hybridized carbons (Fsp3) is 0.417. The number of hydrogen-bond acceptors (Lipinski definition) is 3. The van der Waals surface area contributed by atoms with Gasteiger partial charge in [-0.25, -0.2) is 5.06 Å². The Morgan fingerprint density at radius 3 is 2.88 bits per heavy atom. The SMILES string of the molecule is CN(C)CCN1OCc2ccccc2C1=O. The van der Waals surface area contributed by atoms with Crippen LogP contribution in [0.3, 0.4) is 0 Å². The first-order valence-electron chi connectivity index (χ1n) is 5.36. The predicted octanol–water partition coefficient (Wildman–Crippen LogP) is 1.14. The maximum atomic E-state index is 12.0. The minimum Gasteiger partial charge on any atom is -0.308 e. The van der Waals surface area contributed by atoms with Gasteiger partial charge in [0.05, 0.1) is 6.54 Å². The van der Waals surface area contributed by atoms with Crippen molar-refractivity contribution in [1.82, 2.24) is 9.96 Å². The summed E-state index contributed by atoms with van der Waals surface area (Å²) >= 11 is 0.